The highest BCUT2D eigenvalue weighted by atomic mass is 32.2. The van der Waals surface area contributed by atoms with Gasteiger partial charge in [0.25, 0.3) is 33.8 Å². The summed E-state index contributed by atoms with van der Waals surface area (Å²) in [7, 11) is 1.08. The van der Waals surface area contributed by atoms with E-state index >= 15 is 0 Å². The number of anilines is 1. The molecule has 0 radical (unpaired) electrons. The molecule has 2 heterocycles. The Balaban J connectivity index is 2.40. The number of carbonyl (C=O) groups excluding carboxylic acids is 2. The van der Waals surface area contributed by atoms with Gasteiger partial charge in [-0.05, 0) is 0 Å². The second-order valence-electron chi connectivity index (χ2n) is 5.07. The van der Waals surface area contributed by atoms with Crippen LogP contribution in [0.25, 0.3) is 0 Å². The Bertz CT molecular complexity index is 767. The van der Waals surface area contributed by atoms with Gasteiger partial charge in [-0.15, -0.1) is 0 Å². The Labute approximate surface area is 143 Å². The van der Waals surface area contributed by atoms with Crippen molar-refractivity contribution in [2.24, 2.45) is 0 Å². The molecule has 0 saturated carbocycles. The lowest BCUT2D eigenvalue weighted by Crippen LogP contribution is -2.58. The highest BCUT2D eigenvalue weighted by Crippen LogP contribution is 2.34. The Morgan fingerprint density at radius 1 is 1.04 bits per heavy atom. The third-order valence-corrected chi connectivity index (χ3v) is 5.14. The molecule has 2 amide bonds. The van der Waals surface area contributed by atoms with Crippen LogP contribution in [0.1, 0.15) is 0 Å². The summed E-state index contributed by atoms with van der Waals surface area (Å²) in [5.74, 6) is -3.18. The van der Waals surface area contributed by atoms with Crippen LogP contribution >= 0.6 is 0 Å². The van der Waals surface area contributed by atoms with Gasteiger partial charge in [0.05, 0.1) is 27.3 Å². The molecule has 1 saturated heterocycles. The van der Waals surface area contributed by atoms with Crippen molar-refractivity contribution in [3.63, 3.8) is 0 Å². The molecule has 0 bridgehead atoms. The van der Waals surface area contributed by atoms with Crippen molar-refractivity contribution in [3.8, 4) is 17.5 Å². The highest BCUT2D eigenvalue weighted by molar-refractivity contribution is 7.86. The van der Waals surface area contributed by atoms with E-state index in [-0.39, 0.29) is 17.7 Å². The number of ether oxygens (including phenoxy) is 2. The summed E-state index contributed by atoms with van der Waals surface area (Å²) in [6, 6.07) is 0. The van der Waals surface area contributed by atoms with Gasteiger partial charge in [0.1, 0.15) is 0 Å². The van der Waals surface area contributed by atoms with E-state index in [9.17, 15) is 23.1 Å². The number of nitrogens with zero attached hydrogens (tertiary/aromatic N) is 5. The first-order valence-electron chi connectivity index (χ1n) is 6.85. The van der Waals surface area contributed by atoms with Crippen LogP contribution in [-0.2, 0) is 19.8 Å². The molecule has 0 atom stereocenters. The summed E-state index contributed by atoms with van der Waals surface area (Å²) >= 11 is 0. The third kappa shape index (κ3) is 3.33. The molecular weight excluding hydrogens is 358 g/mol. The van der Waals surface area contributed by atoms with Gasteiger partial charge >= 0.3 is 0 Å². The molecule has 0 aromatic carbocycles. The second-order valence-corrected chi connectivity index (χ2v) is 7.21. The smallest absolute Gasteiger partial charge is 0.282 e. The van der Waals surface area contributed by atoms with E-state index in [0.29, 0.717) is 4.90 Å². The lowest BCUT2D eigenvalue weighted by atomic mass is 10.3. The van der Waals surface area contributed by atoms with Gasteiger partial charge in [0, 0.05) is 14.1 Å². The molecule has 138 valence electrons. The Kier molecular flexibility index (Phi) is 5.10. The predicted octanol–water partition coefficient (Wildman–Crippen LogP) is -1.82. The van der Waals surface area contributed by atoms with Gasteiger partial charge in [-0.1, -0.05) is 0 Å². The molecule has 25 heavy (non-hydrogen) atoms. The van der Waals surface area contributed by atoms with Gasteiger partial charge in [-0.25, -0.2) is 4.90 Å². The quantitative estimate of drug-likeness (QED) is 0.588. The van der Waals surface area contributed by atoms with Crippen molar-refractivity contribution in [2.75, 3.05) is 46.3 Å². The van der Waals surface area contributed by atoms with Crippen LogP contribution in [-0.4, -0.2) is 85.3 Å². The minimum absolute atomic E-state index is 0.300. The van der Waals surface area contributed by atoms with Crippen LogP contribution in [0.4, 0.5) is 5.95 Å². The summed E-state index contributed by atoms with van der Waals surface area (Å²) in [5.41, 5.74) is 0. The number of rotatable bonds is 5. The molecule has 12 nitrogen and oxygen atoms in total. The third-order valence-electron chi connectivity index (χ3n) is 3.30. The van der Waals surface area contributed by atoms with E-state index in [1.807, 2.05) is 0 Å². The van der Waals surface area contributed by atoms with Crippen LogP contribution < -0.4 is 14.4 Å². The Morgan fingerprint density at radius 3 is 1.84 bits per heavy atom. The van der Waals surface area contributed by atoms with E-state index in [0.717, 1.165) is 8.61 Å². The largest absolute Gasteiger partial charge is 0.499 e. The normalized spacial score (nSPS) is 16.4. The second kappa shape index (κ2) is 6.78. The number of carbonyl (C=O) groups is 2. The van der Waals surface area contributed by atoms with Gasteiger partial charge in [0.15, 0.2) is 0 Å². The van der Waals surface area contributed by atoms with Crippen molar-refractivity contribution in [2.45, 2.75) is 0 Å². The van der Waals surface area contributed by atoms with E-state index in [4.69, 9.17) is 9.47 Å². The standard InChI is InChI=1S/C12H17N5O7S/c1-15(2)25(21,22)16-5-7(18)17(8(19)6-16)12-13-10(23-3)9(20)11(14-12)24-4/h20H,5-6H2,1-4H3. The predicted molar refractivity (Wildman–Crippen MR) is 83.5 cm³/mol. The number of aromatic hydroxyl groups is 1. The van der Waals surface area contributed by atoms with E-state index < -0.39 is 40.9 Å². The Hall–Kier alpha value is -2.51. The maximum atomic E-state index is 12.3. The fourth-order valence-electron chi connectivity index (χ4n) is 2.04. The zero-order chi connectivity index (χ0) is 18.9. The summed E-state index contributed by atoms with van der Waals surface area (Å²) < 4.78 is 35.5. The van der Waals surface area contributed by atoms with Gasteiger partial charge in [-0.2, -0.15) is 27.0 Å². The van der Waals surface area contributed by atoms with E-state index in [1.165, 1.54) is 28.3 Å². The zero-order valence-corrected chi connectivity index (χ0v) is 14.8. The van der Waals surface area contributed by atoms with Crippen LogP contribution in [0.5, 0.6) is 17.5 Å². The molecule has 13 heteroatoms. The number of piperazine rings is 1. The SMILES string of the molecule is COc1nc(N2C(=O)CN(S(=O)(=O)N(C)C)CC2=O)nc(OC)c1O. The fourth-order valence-corrected chi connectivity index (χ4v) is 3.05. The first-order valence-corrected chi connectivity index (χ1v) is 8.25. The molecule has 1 aromatic heterocycles. The number of hydrogen-bond acceptors (Lipinski definition) is 9. The maximum Gasteiger partial charge on any atom is 0.282 e. The molecule has 2 rings (SSSR count). The van der Waals surface area contributed by atoms with Gasteiger partial charge in [-0.3, -0.25) is 9.59 Å². The minimum atomic E-state index is -3.94. The number of amides is 2. The summed E-state index contributed by atoms with van der Waals surface area (Å²) in [4.78, 5) is 32.8. The van der Waals surface area contributed by atoms with Crippen LogP contribution in [0, 0.1) is 0 Å². The summed E-state index contributed by atoms with van der Waals surface area (Å²) in [6.07, 6.45) is 0. The van der Waals surface area contributed by atoms with Crippen molar-refractivity contribution < 1.29 is 32.6 Å². The van der Waals surface area contributed by atoms with Crippen LogP contribution in [0.15, 0.2) is 0 Å². The van der Waals surface area contributed by atoms with Crippen LogP contribution in [0.3, 0.4) is 0 Å². The molecule has 1 aliphatic rings. The number of hydrogen-bond donors (Lipinski definition) is 1. The van der Waals surface area contributed by atoms with Crippen molar-refractivity contribution >= 4 is 28.0 Å². The van der Waals surface area contributed by atoms with Crippen LogP contribution in [0.2, 0.25) is 0 Å². The molecule has 0 spiro atoms. The first-order chi connectivity index (χ1) is 11.6. The molecule has 0 aliphatic carbocycles. The average Bonchev–Trinajstić information content (AvgIpc) is 2.54. The fraction of sp³-hybridized carbons (Fsp3) is 0.500. The van der Waals surface area contributed by atoms with Gasteiger partial charge in [0.2, 0.25) is 11.7 Å². The lowest BCUT2D eigenvalue weighted by molar-refractivity contribution is -0.130. The van der Waals surface area contributed by atoms with Crippen molar-refractivity contribution in [1.29, 1.82) is 0 Å². The first kappa shape index (κ1) is 18.8. The lowest BCUT2D eigenvalue weighted by Gasteiger charge is -2.32. The molecule has 1 fully saturated rings. The molecule has 1 N–H and O–H groups in total. The highest BCUT2D eigenvalue weighted by Gasteiger charge is 2.40. The monoisotopic (exact) mass is 375 g/mol. The molecule has 0 unspecified atom stereocenters. The number of methoxy groups -OCH3 is 2. The molecular formula is C12H17N5O7S. The summed E-state index contributed by atoms with van der Waals surface area (Å²) in [6.45, 7) is -1.14. The van der Waals surface area contributed by atoms with Crippen molar-refractivity contribution in [3.05, 3.63) is 0 Å². The van der Waals surface area contributed by atoms with E-state index in [1.54, 1.807) is 0 Å². The number of aromatic nitrogens is 2. The van der Waals surface area contributed by atoms with Crippen molar-refractivity contribution in [1.82, 2.24) is 18.6 Å². The average molecular weight is 375 g/mol. The van der Waals surface area contributed by atoms with Gasteiger partial charge < -0.3 is 14.6 Å². The maximum absolute atomic E-state index is 12.3. The summed E-state index contributed by atoms with van der Waals surface area (Å²) in [5, 5.41) is 9.80. The Morgan fingerprint density at radius 2 is 1.48 bits per heavy atom. The van der Waals surface area contributed by atoms with E-state index in [2.05, 4.69) is 9.97 Å². The molecule has 1 aromatic rings. The number of imide groups is 1. The molecule has 1 aliphatic heterocycles. The minimum Gasteiger partial charge on any atom is -0.499 e. The topological polar surface area (TPSA) is 142 Å². The zero-order valence-electron chi connectivity index (χ0n) is 14.0.